The molecule has 0 amide bonds. The molecule has 0 saturated heterocycles. The average molecular weight is 316 g/mol. The van der Waals surface area contributed by atoms with Gasteiger partial charge in [0, 0.05) is 29.7 Å². The maximum absolute atomic E-state index is 12.1. The fraction of sp³-hybridized carbons (Fsp3) is 0.125. The number of nitrogens with one attached hydrogen (secondary N) is 2. The Kier molecular flexibility index (Phi) is 3.87. The lowest BCUT2D eigenvalue weighted by atomic mass is 10.1. The van der Waals surface area contributed by atoms with Crippen molar-refractivity contribution in [2.24, 2.45) is 0 Å². The van der Waals surface area contributed by atoms with Crippen molar-refractivity contribution >= 4 is 20.9 Å². The molecule has 114 valence electrons. The van der Waals surface area contributed by atoms with Gasteiger partial charge < -0.3 is 10.1 Å². The maximum Gasteiger partial charge on any atom is 0.240 e. The Morgan fingerprint density at radius 1 is 1.09 bits per heavy atom. The third-order valence-corrected chi connectivity index (χ3v) is 4.97. The van der Waals surface area contributed by atoms with E-state index >= 15 is 0 Å². The number of hydrogen-bond acceptors (Lipinski definition) is 3. The van der Waals surface area contributed by atoms with Crippen LogP contribution < -0.4 is 4.72 Å². The summed E-state index contributed by atoms with van der Waals surface area (Å²) in [4.78, 5) is 3.33. The minimum absolute atomic E-state index is 0.200. The van der Waals surface area contributed by atoms with E-state index in [1.807, 2.05) is 12.3 Å². The number of sulfonamides is 1. The Morgan fingerprint density at radius 2 is 1.86 bits per heavy atom. The van der Waals surface area contributed by atoms with E-state index in [1.54, 1.807) is 42.5 Å². The second-order valence-electron chi connectivity index (χ2n) is 5.00. The van der Waals surface area contributed by atoms with Crippen LogP contribution in [0.5, 0.6) is 5.75 Å². The summed E-state index contributed by atoms with van der Waals surface area (Å²) in [6.07, 6.45) is 2.40. The van der Waals surface area contributed by atoms with E-state index < -0.39 is 10.0 Å². The highest BCUT2D eigenvalue weighted by Gasteiger charge is 2.13. The second-order valence-corrected chi connectivity index (χ2v) is 6.77. The highest BCUT2D eigenvalue weighted by atomic mass is 32.2. The molecule has 5 nitrogen and oxygen atoms in total. The standard InChI is InChI=1S/C16H16N2O3S/c19-13-6-7-15-12(11-17-16(15)10-13)8-9-18-22(20,21)14-4-2-1-3-5-14/h1-7,10-11,17-19H,8-9H2. The Hall–Kier alpha value is -2.31. The Labute approximate surface area is 128 Å². The number of aromatic nitrogens is 1. The van der Waals surface area contributed by atoms with Crippen molar-refractivity contribution in [2.75, 3.05) is 6.54 Å². The van der Waals surface area contributed by atoms with Gasteiger partial charge in [0.25, 0.3) is 0 Å². The molecule has 3 aromatic rings. The number of H-pyrrole nitrogens is 1. The number of fused-ring (bicyclic) bond motifs is 1. The van der Waals surface area contributed by atoms with Gasteiger partial charge >= 0.3 is 0 Å². The number of benzene rings is 2. The van der Waals surface area contributed by atoms with E-state index in [4.69, 9.17) is 0 Å². The monoisotopic (exact) mass is 316 g/mol. The number of aromatic amines is 1. The summed E-state index contributed by atoms with van der Waals surface area (Å²) in [5, 5.41) is 10.4. The predicted molar refractivity (Wildman–Crippen MR) is 85.3 cm³/mol. The normalized spacial score (nSPS) is 11.8. The highest BCUT2D eigenvalue weighted by molar-refractivity contribution is 7.89. The molecular formula is C16H16N2O3S. The lowest BCUT2D eigenvalue weighted by Crippen LogP contribution is -2.25. The van der Waals surface area contributed by atoms with Gasteiger partial charge in [0.2, 0.25) is 10.0 Å². The SMILES string of the molecule is O=S(=O)(NCCc1c[nH]c2cc(O)ccc12)c1ccccc1. The van der Waals surface area contributed by atoms with Crippen molar-refractivity contribution in [3.05, 3.63) is 60.3 Å². The average Bonchev–Trinajstić information content (AvgIpc) is 2.90. The third-order valence-electron chi connectivity index (χ3n) is 3.49. The van der Waals surface area contributed by atoms with E-state index in [9.17, 15) is 13.5 Å². The molecule has 2 aromatic carbocycles. The van der Waals surface area contributed by atoms with Crippen LogP contribution in [0.15, 0.2) is 59.6 Å². The van der Waals surface area contributed by atoms with E-state index in [0.717, 1.165) is 16.5 Å². The molecule has 0 spiro atoms. The molecule has 0 radical (unpaired) electrons. The summed E-state index contributed by atoms with van der Waals surface area (Å²) in [5.74, 6) is 0.200. The van der Waals surface area contributed by atoms with Crippen LogP contribution in [0, 0.1) is 0 Å². The quantitative estimate of drug-likeness (QED) is 0.676. The topological polar surface area (TPSA) is 82.2 Å². The van der Waals surface area contributed by atoms with E-state index in [-0.39, 0.29) is 10.6 Å². The Morgan fingerprint density at radius 3 is 2.64 bits per heavy atom. The minimum atomic E-state index is -3.47. The molecule has 0 fully saturated rings. The first-order valence-corrected chi connectivity index (χ1v) is 8.38. The summed E-state index contributed by atoms with van der Waals surface area (Å²) in [5.41, 5.74) is 1.84. The van der Waals surface area contributed by atoms with Crippen molar-refractivity contribution in [3.8, 4) is 5.75 Å². The maximum atomic E-state index is 12.1. The van der Waals surface area contributed by atoms with Gasteiger partial charge in [0.15, 0.2) is 0 Å². The summed E-state index contributed by atoms with van der Waals surface area (Å²) >= 11 is 0. The lowest BCUT2D eigenvalue weighted by molar-refractivity contribution is 0.476. The molecule has 0 unspecified atom stereocenters. The fourth-order valence-corrected chi connectivity index (χ4v) is 3.44. The van der Waals surface area contributed by atoms with Crippen molar-refractivity contribution in [2.45, 2.75) is 11.3 Å². The molecule has 0 aliphatic rings. The predicted octanol–water partition coefficient (Wildman–Crippen LogP) is 2.39. The van der Waals surface area contributed by atoms with Crippen LogP contribution in [0.2, 0.25) is 0 Å². The van der Waals surface area contributed by atoms with Crippen LogP contribution in [0.4, 0.5) is 0 Å². The summed E-state index contributed by atoms with van der Waals surface area (Å²) < 4.78 is 26.8. The third kappa shape index (κ3) is 2.98. The lowest BCUT2D eigenvalue weighted by Gasteiger charge is -2.06. The summed E-state index contributed by atoms with van der Waals surface area (Å²) in [7, 11) is -3.47. The Balaban J connectivity index is 1.70. The van der Waals surface area contributed by atoms with E-state index in [1.165, 1.54) is 0 Å². The van der Waals surface area contributed by atoms with Gasteiger partial charge in [0.05, 0.1) is 4.90 Å². The highest BCUT2D eigenvalue weighted by Crippen LogP contribution is 2.22. The van der Waals surface area contributed by atoms with Crippen molar-refractivity contribution in [1.82, 2.24) is 9.71 Å². The molecule has 0 saturated carbocycles. The van der Waals surface area contributed by atoms with Crippen molar-refractivity contribution in [3.63, 3.8) is 0 Å². The van der Waals surface area contributed by atoms with Crippen LogP contribution in [0.25, 0.3) is 10.9 Å². The molecular weight excluding hydrogens is 300 g/mol. The van der Waals surface area contributed by atoms with E-state index in [0.29, 0.717) is 13.0 Å². The van der Waals surface area contributed by atoms with Gasteiger partial charge in [-0.05, 0) is 36.2 Å². The molecule has 1 aromatic heterocycles. The number of rotatable bonds is 5. The first-order chi connectivity index (χ1) is 10.6. The van der Waals surface area contributed by atoms with E-state index in [2.05, 4.69) is 9.71 Å². The smallest absolute Gasteiger partial charge is 0.240 e. The molecule has 0 bridgehead atoms. The molecule has 0 atom stereocenters. The zero-order valence-electron chi connectivity index (χ0n) is 11.8. The van der Waals surface area contributed by atoms with Gasteiger partial charge in [0.1, 0.15) is 5.75 Å². The number of phenolic OH excluding ortho intramolecular Hbond substituents is 1. The van der Waals surface area contributed by atoms with Gasteiger partial charge in [-0.3, -0.25) is 0 Å². The van der Waals surface area contributed by atoms with Crippen LogP contribution in [-0.2, 0) is 16.4 Å². The van der Waals surface area contributed by atoms with Crippen molar-refractivity contribution in [1.29, 1.82) is 0 Å². The minimum Gasteiger partial charge on any atom is -0.508 e. The molecule has 3 rings (SSSR count). The molecule has 0 aliphatic carbocycles. The van der Waals surface area contributed by atoms with Crippen LogP contribution in [0.3, 0.4) is 0 Å². The van der Waals surface area contributed by atoms with Gasteiger partial charge in [-0.1, -0.05) is 18.2 Å². The number of aromatic hydroxyl groups is 1. The second kappa shape index (κ2) is 5.82. The molecule has 0 aliphatic heterocycles. The number of hydrogen-bond donors (Lipinski definition) is 3. The summed E-state index contributed by atoms with van der Waals surface area (Å²) in [6.45, 7) is 0.311. The largest absolute Gasteiger partial charge is 0.508 e. The zero-order valence-corrected chi connectivity index (χ0v) is 12.6. The summed E-state index contributed by atoms with van der Waals surface area (Å²) in [6, 6.07) is 13.4. The fourth-order valence-electron chi connectivity index (χ4n) is 2.38. The first kappa shape index (κ1) is 14.6. The molecule has 3 N–H and O–H groups in total. The van der Waals surface area contributed by atoms with Gasteiger partial charge in [-0.15, -0.1) is 0 Å². The molecule has 22 heavy (non-hydrogen) atoms. The van der Waals surface area contributed by atoms with Crippen LogP contribution >= 0.6 is 0 Å². The Bertz CT molecular complexity index is 886. The molecule has 1 heterocycles. The van der Waals surface area contributed by atoms with Crippen molar-refractivity contribution < 1.29 is 13.5 Å². The van der Waals surface area contributed by atoms with Crippen LogP contribution in [0.1, 0.15) is 5.56 Å². The number of phenols is 1. The zero-order chi connectivity index (χ0) is 15.6. The van der Waals surface area contributed by atoms with Gasteiger partial charge in [-0.25, -0.2) is 13.1 Å². The van der Waals surface area contributed by atoms with Gasteiger partial charge in [-0.2, -0.15) is 0 Å². The first-order valence-electron chi connectivity index (χ1n) is 6.90. The molecule has 6 heteroatoms. The van der Waals surface area contributed by atoms with Crippen LogP contribution in [-0.4, -0.2) is 25.1 Å².